The zero-order valence-corrected chi connectivity index (χ0v) is 15.6. The van der Waals surface area contributed by atoms with Crippen molar-refractivity contribution in [3.63, 3.8) is 0 Å². The van der Waals surface area contributed by atoms with Crippen LogP contribution in [0.2, 0.25) is 0 Å². The topological polar surface area (TPSA) is 81.7 Å². The van der Waals surface area contributed by atoms with E-state index in [4.69, 9.17) is 0 Å². The van der Waals surface area contributed by atoms with Crippen molar-refractivity contribution in [1.82, 2.24) is 10.6 Å². The van der Waals surface area contributed by atoms with Crippen LogP contribution in [-0.2, 0) is 16.0 Å². The first-order valence-corrected chi connectivity index (χ1v) is 9.11. The fourth-order valence-electron chi connectivity index (χ4n) is 3.27. The number of hydrogen-bond donors (Lipinski definition) is 3. The molecule has 1 aliphatic rings. The van der Waals surface area contributed by atoms with E-state index in [1.807, 2.05) is 62.5 Å². The van der Waals surface area contributed by atoms with E-state index < -0.39 is 17.9 Å². The molecule has 2 aromatic carbocycles. The molecular weight excluding hydrogens is 342 g/mol. The van der Waals surface area contributed by atoms with Gasteiger partial charge in [0.15, 0.2) is 0 Å². The van der Waals surface area contributed by atoms with Crippen molar-refractivity contribution in [1.29, 1.82) is 0 Å². The van der Waals surface area contributed by atoms with E-state index in [1.165, 1.54) is 11.3 Å². The zero-order valence-electron chi connectivity index (χ0n) is 15.6. The van der Waals surface area contributed by atoms with Gasteiger partial charge in [-0.05, 0) is 36.1 Å². The molecule has 0 saturated carbocycles. The number of nitrogens with one attached hydrogen (secondary N) is 2. The van der Waals surface area contributed by atoms with Gasteiger partial charge in [0.1, 0.15) is 0 Å². The predicted octanol–water partition coefficient (Wildman–Crippen LogP) is 1.71. The van der Waals surface area contributed by atoms with Crippen molar-refractivity contribution < 1.29 is 14.7 Å². The summed E-state index contributed by atoms with van der Waals surface area (Å²) in [5, 5.41) is 15.5. The minimum absolute atomic E-state index is 0.0133. The molecule has 3 rings (SSSR count). The van der Waals surface area contributed by atoms with Crippen LogP contribution in [0.4, 0.5) is 5.69 Å². The molecule has 6 heteroatoms. The van der Waals surface area contributed by atoms with Crippen molar-refractivity contribution in [3.8, 4) is 0 Å². The van der Waals surface area contributed by atoms with E-state index in [0.717, 1.165) is 24.1 Å². The SMILES string of the molecule is C[C@@H](NC(=O)C(=O)NC[C@H](O)c1ccc2c(c1)CCN2C)c1ccccc1. The smallest absolute Gasteiger partial charge is 0.309 e. The summed E-state index contributed by atoms with van der Waals surface area (Å²) in [6.07, 6.45) is 0.0860. The maximum absolute atomic E-state index is 12.1. The van der Waals surface area contributed by atoms with Crippen LogP contribution < -0.4 is 15.5 Å². The average Bonchev–Trinajstić information content (AvgIpc) is 3.06. The number of carbonyl (C=O) groups is 2. The van der Waals surface area contributed by atoms with Gasteiger partial charge in [0.05, 0.1) is 12.1 Å². The van der Waals surface area contributed by atoms with Gasteiger partial charge in [0.25, 0.3) is 0 Å². The third-order valence-corrected chi connectivity index (χ3v) is 4.93. The molecule has 0 aliphatic carbocycles. The van der Waals surface area contributed by atoms with Crippen LogP contribution in [0.25, 0.3) is 0 Å². The van der Waals surface area contributed by atoms with Gasteiger partial charge >= 0.3 is 11.8 Å². The summed E-state index contributed by atoms with van der Waals surface area (Å²) < 4.78 is 0. The van der Waals surface area contributed by atoms with Gasteiger partial charge in [-0.1, -0.05) is 42.5 Å². The lowest BCUT2D eigenvalue weighted by Crippen LogP contribution is -2.42. The van der Waals surface area contributed by atoms with E-state index in [0.29, 0.717) is 0 Å². The molecule has 0 bridgehead atoms. The van der Waals surface area contributed by atoms with Gasteiger partial charge < -0.3 is 20.6 Å². The molecule has 142 valence electrons. The monoisotopic (exact) mass is 367 g/mol. The van der Waals surface area contributed by atoms with Gasteiger partial charge in [-0.3, -0.25) is 9.59 Å². The van der Waals surface area contributed by atoms with Crippen molar-refractivity contribution >= 4 is 17.5 Å². The van der Waals surface area contributed by atoms with Gasteiger partial charge in [0.2, 0.25) is 0 Å². The Morgan fingerprint density at radius 3 is 2.59 bits per heavy atom. The van der Waals surface area contributed by atoms with Gasteiger partial charge in [-0.15, -0.1) is 0 Å². The Hall–Kier alpha value is -2.86. The van der Waals surface area contributed by atoms with Crippen molar-refractivity contribution in [2.75, 3.05) is 25.0 Å². The maximum Gasteiger partial charge on any atom is 0.309 e. The molecule has 0 saturated heterocycles. The van der Waals surface area contributed by atoms with E-state index >= 15 is 0 Å². The first-order chi connectivity index (χ1) is 13.0. The van der Waals surface area contributed by atoms with Crippen LogP contribution in [0.1, 0.15) is 35.8 Å². The summed E-state index contributed by atoms with van der Waals surface area (Å²) in [4.78, 5) is 26.3. The third-order valence-electron chi connectivity index (χ3n) is 4.93. The van der Waals surface area contributed by atoms with E-state index in [9.17, 15) is 14.7 Å². The maximum atomic E-state index is 12.1. The van der Waals surface area contributed by atoms with Crippen LogP contribution in [0, 0.1) is 0 Å². The molecule has 0 spiro atoms. The van der Waals surface area contributed by atoms with Crippen molar-refractivity contribution in [2.24, 2.45) is 0 Å². The van der Waals surface area contributed by atoms with Crippen LogP contribution in [0.5, 0.6) is 0 Å². The van der Waals surface area contributed by atoms with Gasteiger partial charge in [0, 0.05) is 25.8 Å². The molecule has 0 radical (unpaired) electrons. The molecule has 0 unspecified atom stereocenters. The second-order valence-electron chi connectivity index (χ2n) is 6.89. The summed E-state index contributed by atoms with van der Waals surface area (Å²) in [5.41, 5.74) is 4.02. The number of fused-ring (bicyclic) bond motifs is 1. The van der Waals surface area contributed by atoms with Gasteiger partial charge in [-0.25, -0.2) is 0 Å². The molecule has 6 nitrogen and oxygen atoms in total. The molecule has 2 amide bonds. The number of hydrogen-bond acceptors (Lipinski definition) is 4. The zero-order chi connectivity index (χ0) is 19.4. The lowest BCUT2D eigenvalue weighted by molar-refractivity contribution is -0.139. The molecule has 2 atom stereocenters. The van der Waals surface area contributed by atoms with E-state index in [2.05, 4.69) is 15.5 Å². The Kier molecular flexibility index (Phi) is 5.76. The minimum atomic E-state index is -0.857. The number of aliphatic hydroxyl groups excluding tert-OH is 1. The highest BCUT2D eigenvalue weighted by molar-refractivity contribution is 6.35. The number of carbonyl (C=O) groups excluding carboxylic acids is 2. The first kappa shape index (κ1) is 18.9. The Bertz CT molecular complexity index is 823. The van der Waals surface area contributed by atoms with Crippen LogP contribution in [0.3, 0.4) is 0 Å². The number of nitrogens with zero attached hydrogens (tertiary/aromatic N) is 1. The third kappa shape index (κ3) is 4.46. The Morgan fingerprint density at radius 1 is 1.11 bits per heavy atom. The van der Waals surface area contributed by atoms with E-state index in [-0.39, 0.29) is 12.6 Å². The lowest BCUT2D eigenvalue weighted by atomic mass is 10.0. The van der Waals surface area contributed by atoms with Crippen LogP contribution in [-0.4, -0.2) is 37.1 Å². The normalized spacial score (nSPS) is 15.0. The summed E-state index contributed by atoms with van der Waals surface area (Å²) in [6.45, 7) is 2.77. The standard InChI is InChI=1S/C21H25N3O3/c1-14(15-6-4-3-5-7-15)23-21(27)20(26)22-13-19(25)17-8-9-18-16(12-17)10-11-24(18)2/h3-9,12,14,19,25H,10-11,13H2,1-2H3,(H,22,26)(H,23,27)/t14-,19+/m1/s1. The number of benzene rings is 2. The number of likely N-dealkylation sites (N-methyl/N-ethyl adjacent to an activating group) is 1. The highest BCUT2D eigenvalue weighted by atomic mass is 16.3. The fourth-order valence-corrected chi connectivity index (χ4v) is 3.27. The number of aliphatic hydroxyl groups is 1. The molecule has 27 heavy (non-hydrogen) atoms. The number of anilines is 1. The van der Waals surface area contributed by atoms with E-state index in [1.54, 1.807) is 0 Å². The Labute approximate surface area is 159 Å². The lowest BCUT2D eigenvalue weighted by Gasteiger charge is -2.16. The van der Waals surface area contributed by atoms with Crippen LogP contribution >= 0.6 is 0 Å². The molecule has 0 aromatic heterocycles. The first-order valence-electron chi connectivity index (χ1n) is 9.11. The quantitative estimate of drug-likeness (QED) is 0.703. The summed E-state index contributed by atoms with van der Waals surface area (Å²) >= 11 is 0. The largest absolute Gasteiger partial charge is 0.387 e. The number of amides is 2. The summed E-state index contributed by atoms with van der Waals surface area (Å²) in [6, 6.07) is 15.0. The molecular formula is C21H25N3O3. The molecule has 2 aromatic rings. The minimum Gasteiger partial charge on any atom is -0.387 e. The number of rotatable bonds is 5. The molecule has 1 heterocycles. The second-order valence-corrected chi connectivity index (χ2v) is 6.89. The Morgan fingerprint density at radius 2 is 1.85 bits per heavy atom. The molecule has 1 aliphatic heterocycles. The highest BCUT2D eigenvalue weighted by Gasteiger charge is 2.20. The fraction of sp³-hybridized carbons (Fsp3) is 0.333. The summed E-state index contributed by atoms with van der Waals surface area (Å²) in [5.74, 6) is -1.47. The predicted molar refractivity (Wildman–Crippen MR) is 104 cm³/mol. The van der Waals surface area contributed by atoms with Crippen molar-refractivity contribution in [2.45, 2.75) is 25.5 Å². The summed E-state index contributed by atoms with van der Waals surface area (Å²) in [7, 11) is 2.04. The van der Waals surface area contributed by atoms with Gasteiger partial charge in [-0.2, -0.15) is 0 Å². The molecule has 0 fully saturated rings. The Balaban J connectivity index is 1.52. The van der Waals surface area contributed by atoms with Crippen molar-refractivity contribution in [3.05, 3.63) is 65.2 Å². The highest BCUT2D eigenvalue weighted by Crippen LogP contribution is 2.29. The van der Waals surface area contributed by atoms with Crippen LogP contribution in [0.15, 0.2) is 48.5 Å². The average molecular weight is 367 g/mol. The second kappa shape index (κ2) is 8.22. The molecule has 3 N–H and O–H groups in total.